The van der Waals surface area contributed by atoms with E-state index in [1.807, 2.05) is 0 Å². The molecule has 1 aromatic rings. The molecule has 0 aliphatic rings. The molecule has 5 heteroatoms. The molecule has 0 radical (unpaired) electrons. The van der Waals surface area contributed by atoms with Crippen molar-refractivity contribution in [1.82, 2.24) is 0 Å². The predicted octanol–water partition coefficient (Wildman–Crippen LogP) is 5.82. The topological polar surface area (TPSA) is 0 Å². The number of hydrogen-bond donors (Lipinski definition) is 0. The number of hydrogen-bond acceptors (Lipinski definition) is 0. The second-order valence-corrected chi connectivity index (χ2v) is 4.63. The Balaban J connectivity index is 3.68. The minimum Gasteiger partial charge on any atom is -0.0843 e. The van der Waals surface area contributed by atoms with E-state index in [-0.39, 0.29) is 20.1 Å². The highest BCUT2D eigenvalue weighted by Crippen LogP contribution is 2.43. The Morgan fingerprint density at radius 1 is 0.929 bits per heavy atom. The lowest BCUT2D eigenvalue weighted by Crippen LogP contribution is -1.90. The molecular formula is C9H5Cl5. The molecular weight excluding hydrogens is 285 g/mol. The summed E-state index contributed by atoms with van der Waals surface area (Å²) in [4.78, 5) is 0. The summed E-state index contributed by atoms with van der Waals surface area (Å²) in [5.74, 6) is 0. The first-order valence-electron chi connectivity index (χ1n) is 3.55. The van der Waals surface area contributed by atoms with Crippen molar-refractivity contribution in [3.63, 3.8) is 0 Å². The zero-order valence-corrected chi connectivity index (χ0v) is 10.9. The first-order chi connectivity index (χ1) is 6.37. The highest BCUT2D eigenvalue weighted by molar-refractivity contribution is 6.55. The van der Waals surface area contributed by atoms with Gasteiger partial charge in [-0.3, -0.25) is 0 Å². The third kappa shape index (κ3) is 2.00. The number of halogens is 5. The smallest absolute Gasteiger partial charge is 0.0800 e. The van der Waals surface area contributed by atoms with E-state index in [1.165, 1.54) is 0 Å². The fourth-order valence-electron chi connectivity index (χ4n) is 1.06. The molecule has 0 nitrogen and oxygen atoms in total. The van der Waals surface area contributed by atoms with Crippen LogP contribution in [0.4, 0.5) is 0 Å². The summed E-state index contributed by atoms with van der Waals surface area (Å²) >= 11 is 29.4. The Labute approximate surface area is 107 Å². The fraction of sp³-hybridized carbons (Fsp3) is 0.111. The monoisotopic (exact) mass is 288 g/mol. The molecule has 0 unspecified atom stereocenters. The normalized spacial score (nSPS) is 10.4. The van der Waals surface area contributed by atoms with E-state index in [0.29, 0.717) is 16.1 Å². The molecule has 0 spiro atoms. The molecule has 0 aliphatic carbocycles. The lowest BCUT2D eigenvalue weighted by molar-refractivity contribution is 1.44. The molecule has 0 aliphatic heterocycles. The Hall–Kier alpha value is 0.410. The Kier molecular flexibility index (Phi) is 4.02. The molecule has 0 bridgehead atoms. The summed E-state index contributed by atoms with van der Waals surface area (Å²) in [6.45, 7) is 5.33. The molecule has 0 N–H and O–H groups in total. The van der Waals surface area contributed by atoms with Gasteiger partial charge in [-0.2, -0.15) is 0 Å². The van der Waals surface area contributed by atoms with Gasteiger partial charge in [0.25, 0.3) is 0 Å². The van der Waals surface area contributed by atoms with Gasteiger partial charge in [-0.15, -0.1) is 0 Å². The van der Waals surface area contributed by atoms with E-state index in [2.05, 4.69) is 6.58 Å². The second kappa shape index (κ2) is 4.51. The van der Waals surface area contributed by atoms with Gasteiger partial charge in [-0.05, 0) is 12.5 Å². The maximum atomic E-state index is 5.95. The summed E-state index contributed by atoms with van der Waals surface area (Å²) in [6, 6.07) is 0. The van der Waals surface area contributed by atoms with Crippen molar-refractivity contribution in [2.75, 3.05) is 0 Å². The Morgan fingerprint density at radius 3 is 1.79 bits per heavy atom. The second-order valence-electron chi connectivity index (χ2n) is 2.66. The molecule has 0 saturated heterocycles. The average molecular weight is 290 g/mol. The van der Waals surface area contributed by atoms with Gasteiger partial charge in [-0.25, -0.2) is 0 Å². The molecule has 0 amide bonds. The quantitative estimate of drug-likeness (QED) is 0.451. The van der Waals surface area contributed by atoms with Crippen molar-refractivity contribution in [2.45, 2.75) is 6.92 Å². The number of benzene rings is 1. The van der Waals surface area contributed by atoms with Crippen molar-refractivity contribution in [3.8, 4) is 0 Å². The fourth-order valence-corrected chi connectivity index (χ4v) is 2.41. The van der Waals surface area contributed by atoms with Crippen LogP contribution in [-0.4, -0.2) is 0 Å². The van der Waals surface area contributed by atoms with Crippen molar-refractivity contribution in [3.05, 3.63) is 37.8 Å². The van der Waals surface area contributed by atoms with Crippen LogP contribution in [0.3, 0.4) is 0 Å². The minimum absolute atomic E-state index is 0.195. The summed E-state index contributed by atoms with van der Waals surface area (Å²) < 4.78 is 0. The van der Waals surface area contributed by atoms with Gasteiger partial charge < -0.3 is 0 Å². The van der Waals surface area contributed by atoms with Crippen LogP contribution in [0, 0.1) is 6.92 Å². The van der Waals surface area contributed by atoms with Crippen LogP contribution in [-0.2, 0) is 0 Å². The molecule has 0 heterocycles. The van der Waals surface area contributed by atoms with Gasteiger partial charge in [0.15, 0.2) is 0 Å². The maximum Gasteiger partial charge on any atom is 0.0800 e. The summed E-state index contributed by atoms with van der Waals surface area (Å²) in [5.41, 5.74) is 1.21. The SMILES string of the molecule is C=C(Cl)c1c(C)c(Cl)c(Cl)c(Cl)c1Cl. The van der Waals surface area contributed by atoms with Crippen molar-refractivity contribution in [1.29, 1.82) is 0 Å². The van der Waals surface area contributed by atoms with Crippen LogP contribution >= 0.6 is 58.0 Å². The molecule has 0 atom stereocenters. The van der Waals surface area contributed by atoms with Gasteiger partial charge in [0.2, 0.25) is 0 Å². The molecule has 1 aromatic carbocycles. The third-order valence-electron chi connectivity index (χ3n) is 1.77. The number of rotatable bonds is 1. The van der Waals surface area contributed by atoms with E-state index < -0.39 is 0 Å². The van der Waals surface area contributed by atoms with Crippen LogP contribution in [0.5, 0.6) is 0 Å². The van der Waals surface area contributed by atoms with Gasteiger partial charge >= 0.3 is 0 Å². The molecule has 76 valence electrons. The lowest BCUT2D eigenvalue weighted by Gasteiger charge is -2.12. The molecule has 0 saturated carbocycles. The molecule has 1 rings (SSSR count). The zero-order valence-electron chi connectivity index (χ0n) is 7.10. The van der Waals surface area contributed by atoms with Crippen molar-refractivity contribution >= 4 is 63.0 Å². The highest BCUT2D eigenvalue weighted by Gasteiger charge is 2.18. The summed E-state index contributed by atoms with van der Waals surface area (Å²) in [7, 11) is 0. The zero-order chi connectivity index (χ0) is 11.0. The van der Waals surface area contributed by atoms with E-state index >= 15 is 0 Å². The van der Waals surface area contributed by atoms with E-state index in [1.54, 1.807) is 6.92 Å². The van der Waals surface area contributed by atoms with E-state index in [4.69, 9.17) is 58.0 Å². The Bertz CT molecular complexity index is 379. The van der Waals surface area contributed by atoms with Gasteiger partial charge in [0.05, 0.1) is 20.1 Å². The minimum atomic E-state index is 0.195. The van der Waals surface area contributed by atoms with Crippen molar-refractivity contribution in [2.24, 2.45) is 0 Å². The standard InChI is InChI=1S/C9H5Cl5/c1-3-5(4(2)10)7(12)9(14)8(13)6(3)11/h2H2,1H3. The largest absolute Gasteiger partial charge is 0.0843 e. The highest BCUT2D eigenvalue weighted by atomic mass is 35.5. The van der Waals surface area contributed by atoms with Gasteiger partial charge in [0.1, 0.15) is 0 Å². The maximum absolute atomic E-state index is 5.95. The molecule has 0 aromatic heterocycles. The van der Waals surface area contributed by atoms with Crippen LogP contribution in [0.25, 0.3) is 5.03 Å². The summed E-state index contributed by atoms with van der Waals surface area (Å²) in [5, 5.41) is 1.34. The Morgan fingerprint density at radius 2 is 1.36 bits per heavy atom. The van der Waals surface area contributed by atoms with E-state index in [9.17, 15) is 0 Å². The summed E-state index contributed by atoms with van der Waals surface area (Å²) in [6.07, 6.45) is 0. The van der Waals surface area contributed by atoms with Crippen LogP contribution in [0.15, 0.2) is 6.58 Å². The van der Waals surface area contributed by atoms with Crippen LogP contribution in [0.2, 0.25) is 20.1 Å². The van der Waals surface area contributed by atoms with E-state index in [0.717, 1.165) is 0 Å². The van der Waals surface area contributed by atoms with Gasteiger partial charge in [0, 0.05) is 10.6 Å². The molecule has 0 fully saturated rings. The van der Waals surface area contributed by atoms with Gasteiger partial charge in [-0.1, -0.05) is 64.6 Å². The average Bonchev–Trinajstić information content (AvgIpc) is 2.11. The van der Waals surface area contributed by atoms with Crippen LogP contribution < -0.4 is 0 Å². The first-order valence-corrected chi connectivity index (χ1v) is 5.44. The first kappa shape index (κ1) is 12.5. The van der Waals surface area contributed by atoms with Crippen LogP contribution in [0.1, 0.15) is 11.1 Å². The third-order valence-corrected chi connectivity index (χ3v) is 3.86. The van der Waals surface area contributed by atoms with Crippen molar-refractivity contribution < 1.29 is 0 Å². The lowest BCUT2D eigenvalue weighted by atomic mass is 10.1. The predicted molar refractivity (Wildman–Crippen MR) is 66.1 cm³/mol. The molecule has 14 heavy (non-hydrogen) atoms.